The van der Waals surface area contributed by atoms with Gasteiger partial charge in [0.2, 0.25) is 5.91 Å². The normalized spacial score (nSPS) is 10.0. The van der Waals surface area contributed by atoms with Crippen LogP contribution < -0.4 is 16.2 Å². The minimum absolute atomic E-state index is 0.254. The lowest BCUT2D eigenvalue weighted by Crippen LogP contribution is -2.27. The molecule has 9 nitrogen and oxygen atoms in total. The van der Waals surface area contributed by atoms with Crippen molar-refractivity contribution in [3.05, 3.63) is 68.6 Å². The molecule has 9 heteroatoms. The Kier molecular flexibility index (Phi) is 5.05. The standard InChI is InChI=1S/C15H14N4O5/c1-16-15(22)10-2-4-11(5-3-10)17-13(20)9-18-8-12(19(23)24)6-7-14(18)21/h2-8H,9H2,1H3,(H,16,22)(H,17,20). The topological polar surface area (TPSA) is 123 Å². The van der Waals surface area contributed by atoms with Crippen LogP contribution in [-0.4, -0.2) is 28.4 Å². The van der Waals surface area contributed by atoms with Crippen molar-refractivity contribution >= 4 is 23.2 Å². The summed E-state index contributed by atoms with van der Waals surface area (Å²) in [5.74, 6) is -0.777. The molecule has 1 aromatic heterocycles. The van der Waals surface area contributed by atoms with Crippen molar-refractivity contribution in [2.24, 2.45) is 0 Å². The van der Waals surface area contributed by atoms with E-state index in [-0.39, 0.29) is 18.1 Å². The molecule has 0 aliphatic heterocycles. The van der Waals surface area contributed by atoms with Gasteiger partial charge in [-0.2, -0.15) is 0 Å². The molecule has 0 atom stereocenters. The molecule has 0 saturated carbocycles. The Bertz CT molecular complexity index is 842. The lowest BCUT2D eigenvalue weighted by atomic mass is 10.2. The number of carbonyl (C=O) groups is 2. The zero-order chi connectivity index (χ0) is 17.7. The summed E-state index contributed by atoms with van der Waals surface area (Å²) in [6.45, 7) is -0.363. The van der Waals surface area contributed by atoms with E-state index < -0.39 is 16.4 Å². The number of carbonyl (C=O) groups excluding carboxylic acids is 2. The summed E-state index contributed by atoms with van der Waals surface area (Å²) in [7, 11) is 1.51. The van der Waals surface area contributed by atoms with Crippen molar-refractivity contribution in [2.45, 2.75) is 6.54 Å². The number of anilines is 1. The Hall–Kier alpha value is -3.49. The van der Waals surface area contributed by atoms with Gasteiger partial charge in [-0.05, 0) is 24.3 Å². The number of hydrogen-bond donors (Lipinski definition) is 2. The second-order valence-electron chi connectivity index (χ2n) is 4.82. The smallest absolute Gasteiger partial charge is 0.285 e. The molecule has 0 saturated heterocycles. The number of pyridine rings is 1. The first-order valence-corrected chi connectivity index (χ1v) is 6.87. The van der Waals surface area contributed by atoms with Gasteiger partial charge in [0.05, 0.1) is 11.1 Å². The van der Waals surface area contributed by atoms with E-state index in [1.807, 2.05) is 0 Å². The van der Waals surface area contributed by atoms with Gasteiger partial charge in [-0.1, -0.05) is 0 Å². The SMILES string of the molecule is CNC(=O)c1ccc(NC(=O)Cn2cc([N+](=O)[O-])ccc2=O)cc1. The molecule has 0 radical (unpaired) electrons. The van der Waals surface area contributed by atoms with Crippen molar-refractivity contribution in [3.63, 3.8) is 0 Å². The molecule has 2 rings (SSSR count). The van der Waals surface area contributed by atoms with E-state index in [2.05, 4.69) is 10.6 Å². The maximum Gasteiger partial charge on any atom is 0.285 e. The molecule has 1 aromatic carbocycles. The first kappa shape index (κ1) is 16.9. The van der Waals surface area contributed by atoms with Gasteiger partial charge >= 0.3 is 0 Å². The van der Waals surface area contributed by atoms with Crippen LogP contribution in [0.15, 0.2) is 47.4 Å². The Balaban J connectivity index is 2.08. The fourth-order valence-electron chi connectivity index (χ4n) is 1.95. The van der Waals surface area contributed by atoms with Crippen LogP contribution in [0.1, 0.15) is 10.4 Å². The van der Waals surface area contributed by atoms with Crippen LogP contribution in [0.4, 0.5) is 11.4 Å². The molecule has 0 unspecified atom stereocenters. The van der Waals surface area contributed by atoms with Crippen molar-refractivity contribution in [2.75, 3.05) is 12.4 Å². The maximum atomic E-state index is 12.0. The predicted octanol–water partition coefficient (Wildman–Crippen LogP) is 0.755. The first-order valence-electron chi connectivity index (χ1n) is 6.87. The summed E-state index contributed by atoms with van der Waals surface area (Å²) >= 11 is 0. The van der Waals surface area contributed by atoms with Crippen LogP contribution in [0.25, 0.3) is 0 Å². The molecule has 124 valence electrons. The third kappa shape index (κ3) is 4.03. The van der Waals surface area contributed by atoms with E-state index >= 15 is 0 Å². The fraction of sp³-hybridized carbons (Fsp3) is 0.133. The van der Waals surface area contributed by atoms with E-state index in [0.29, 0.717) is 11.3 Å². The predicted molar refractivity (Wildman–Crippen MR) is 85.8 cm³/mol. The van der Waals surface area contributed by atoms with Gasteiger partial charge in [-0.25, -0.2) is 0 Å². The van der Waals surface area contributed by atoms with Crippen molar-refractivity contribution in [1.29, 1.82) is 0 Å². The number of amides is 2. The van der Waals surface area contributed by atoms with E-state index in [9.17, 15) is 24.5 Å². The van der Waals surface area contributed by atoms with Crippen LogP contribution in [0, 0.1) is 10.1 Å². The number of benzene rings is 1. The molecule has 2 N–H and O–H groups in total. The van der Waals surface area contributed by atoms with Crippen molar-refractivity contribution < 1.29 is 14.5 Å². The molecular formula is C15H14N4O5. The van der Waals surface area contributed by atoms with Gasteiger partial charge in [0.1, 0.15) is 6.54 Å². The summed E-state index contributed by atoms with van der Waals surface area (Å²) < 4.78 is 0.951. The molecule has 0 bridgehead atoms. The van der Waals surface area contributed by atoms with E-state index in [4.69, 9.17) is 0 Å². The maximum absolute atomic E-state index is 12.0. The highest BCUT2D eigenvalue weighted by Gasteiger charge is 2.11. The molecule has 1 heterocycles. The van der Waals surface area contributed by atoms with Gasteiger partial charge in [0, 0.05) is 30.4 Å². The molecule has 2 aromatic rings. The van der Waals surface area contributed by atoms with Crippen LogP contribution in [-0.2, 0) is 11.3 Å². The van der Waals surface area contributed by atoms with Crippen molar-refractivity contribution in [3.8, 4) is 0 Å². The summed E-state index contributed by atoms with van der Waals surface area (Å²) in [5.41, 5.74) is 0.0691. The molecule has 0 spiro atoms. The van der Waals surface area contributed by atoms with E-state index in [1.54, 1.807) is 12.1 Å². The van der Waals surface area contributed by atoms with Gasteiger partial charge < -0.3 is 10.6 Å². The van der Waals surface area contributed by atoms with Crippen LogP contribution in [0.2, 0.25) is 0 Å². The third-order valence-corrected chi connectivity index (χ3v) is 3.15. The monoisotopic (exact) mass is 330 g/mol. The van der Waals surface area contributed by atoms with E-state index in [0.717, 1.165) is 22.9 Å². The summed E-state index contributed by atoms with van der Waals surface area (Å²) in [4.78, 5) is 45.1. The first-order chi connectivity index (χ1) is 11.4. The number of nitrogens with zero attached hydrogens (tertiary/aromatic N) is 2. The van der Waals surface area contributed by atoms with Gasteiger partial charge in [-0.15, -0.1) is 0 Å². The number of nitrogens with one attached hydrogen (secondary N) is 2. The highest BCUT2D eigenvalue weighted by molar-refractivity contribution is 5.95. The molecule has 0 aliphatic carbocycles. The summed E-state index contributed by atoms with van der Waals surface area (Å²) in [6, 6.07) is 8.26. The quantitative estimate of drug-likeness (QED) is 0.618. The minimum Gasteiger partial charge on any atom is -0.355 e. The van der Waals surface area contributed by atoms with Crippen LogP contribution in [0.5, 0.6) is 0 Å². The molecule has 2 amide bonds. The van der Waals surface area contributed by atoms with Crippen LogP contribution >= 0.6 is 0 Å². The lowest BCUT2D eigenvalue weighted by Gasteiger charge is -2.08. The second kappa shape index (κ2) is 7.18. The van der Waals surface area contributed by atoms with Gasteiger partial charge in [0.25, 0.3) is 17.2 Å². The summed E-state index contributed by atoms with van der Waals surface area (Å²) in [6.07, 6.45) is 1.01. The minimum atomic E-state index is -0.647. The second-order valence-corrected chi connectivity index (χ2v) is 4.82. The number of rotatable bonds is 5. The zero-order valence-corrected chi connectivity index (χ0v) is 12.7. The van der Waals surface area contributed by atoms with Gasteiger partial charge in [-0.3, -0.25) is 29.1 Å². The average molecular weight is 330 g/mol. The largest absolute Gasteiger partial charge is 0.355 e. The Morgan fingerprint density at radius 1 is 1.17 bits per heavy atom. The molecular weight excluding hydrogens is 316 g/mol. The number of nitro groups is 1. The highest BCUT2D eigenvalue weighted by atomic mass is 16.6. The number of hydrogen-bond acceptors (Lipinski definition) is 5. The zero-order valence-electron chi connectivity index (χ0n) is 12.7. The highest BCUT2D eigenvalue weighted by Crippen LogP contribution is 2.10. The van der Waals surface area contributed by atoms with Crippen molar-refractivity contribution in [1.82, 2.24) is 9.88 Å². The average Bonchev–Trinajstić information content (AvgIpc) is 2.56. The number of aromatic nitrogens is 1. The third-order valence-electron chi connectivity index (χ3n) is 3.15. The van der Waals surface area contributed by atoms with Crippen LogP contribution in [0.3, 0.4) is 0 Å². The Morgan fingerprint density at radius 3 is 2.42 bits per heavy atom. The Morgan fingerprint density at radius 2 is 1.83 bits per heavy atom. The fourth-order valence-corrected chi connectivity index (χ4v) is 1.95. The Labute approximate surface area is 136 Å². The molecule has 0 aliphatic rings. The molecule has 24 heavy (non-hydrogen) atoms. The van der Waals surface area contributed by atoms with Gasteiger partial charge in [0.15, 0.2) is 0 Å². The molecule has 0 fully saturated rings. The van der Waals surface area contributed by atoms with E-state index in [1.165, 1.54) is 19.2 Å². The summed E-state index contributed by atoms with van der Waals surface area (Å²) in [5, 5.41) is 15.7. The lowest BCUT2D eigenvalue weighted by molar-refractivity contribution is -0.385.